The third-order valence-electron chi connectivity index (χ3n) is 10.2. The second-order valence-corrected chi connectivity index (χ2v) is 13.9. The van der Waals surface area contributed by atoms with Crippen LogP contribution in [0.25, 0.3) is 101 Å². The lowest BCUT2D eigenvalue weighted by atomic mass is 9.98. The molecule has 0 amide bonds. The number of aromatic nitrogens is 4. The predicted molar refractivity (Wildman–Crippen MR) is 228 cm³/mol. The van der Waals surface area contributed by atoms with Crippen LogP contribution in [-0.2, 0) is 0 Å². The molecular formula is C51H34N4O. The fourth-order valence-corrected chi connectivity index (χ4v) is 7.48. The molecule has 0 aliphatic rings. The largest absolute Gasteiger partial charge is 0.455 e. The van der Waals surface area contributed by atoms with Gasteiger partial charge in [-0.3, -0.25) is 0 Å². The van der Waals surface area contributed by atoms with Gasteiger partial charge in [-0.05, 0) is 36.2 Å². The normalized spacial score (nSPS) is 11.3. The Balaban J connectivity index is 1.02. The molecule has 0 radical (unpaired) electrons. The first-order valence-electron chi connectivity index (χ1n) is 18.7. The molecule has 0 aliphatic carbocycles. The van der Waals surface area contributed by atoms with E-state index >= 15 is 0 Å². The second-order valence-electron chi connectivity index (χ2n) is 13.9. The van der Waals surface area contributed by atoms with E-state index in [1.165, 1.54) is 0 Å². The Morgan fingerprint density at radius 3 is 1.30 bits per heavy atom. The van der Waals surface area contributed by atoms with Gasteiger partial charge in [0.1, 0.15) is 17.0 Å². The number of hydrogen-bond donors (Lipinski definition) is 0. The van der Waals surface area contributed by atoms with Gasteiger partial charge < -0.3 is 4.42 Å². The number of rotatable bonds is 7. The molecule has 3 heterocycles. The van der Waals surface area contributed by atoms with Crippen LogP contribution in [0, 0.1) is 6.92 Å². The molecule has 264 valence electrons. The topological polar surface area (TPSA) is 64.7 Å². The van der Waals surface area contributed by atoms with Crippen LogP contribution in [0.2, 0.25) is 0 Å². The van der Waals surface area contributed by atoms with Gasteiger partial charge in [0.05, 0.1) is 22.8 Å². The molecule has 5 nitrogen and oxygen atoms in total. The van der Waals surface area contributed by atoms with E-state index < -0.39 is 0 Å². The van der Waals surface area contributed by atoms with Gasteiger partial charge >= 0.3 is 0 Å². The summed E-state index contributed by atoms with van der Waals surface area (Å²) in [5, 5.41) is 2.16. The SMILES string of the molecule is Cc1nc(-c2ccccc2)cc(-c2cccc(-c3cccc4c3oc3c(-c5ccc(-c6cc(-c7ccccc7)nc(-c7ccccc7)n6)cc5)cccc34)c2)n1. The van der Waals surface area contributed by atoms with Crippen LogP contribution in [0.4, 0.5) is 0 Å². The minimum Gasteiger partial charge on any atom is -0.455 e. The lowest BCUT2D eigenvalue weighted by molar-refractivity contribution is 0.671. The summed E-state index contributed by atoms with van der Waals surface area (Å²) in [6, 6.07) is 64.6. The van der Waals surface area contributed by atoms with Crippen LogP contribution in [0.3, 0.4) is 0 Å². The van der Waals surface area contributed by atoms with Gasteiger partial charge in [-0.15, -0.1) is 0 Å². The molecule has 10 rings (SSSR count). The van der Waals surface area contributed by atoms with Crippen molar-refractivity contribution in [2.45, 2.75) is 6.92 Å². The van der Waals surface area contributed by atoms with E-state index in [1.54, 1.807) is 0 Å². The highest BCUT2D eigenvalue weighted by Gasteiger charge is 2.17. The summed E-state index contributed by atoms with van der Waals surface area (Å²) in [5.41, 5.74) is 14.6. The van der Waals surface area contributed by atoms with Crippen molar-refractivity contribution < 1.29 is 4.42 Å². The molecule has 0 atom stereocenters. The number of benzene rings is 7. The zero-order valence-corrected chi connectivity index (χ0v) is 30.6. The number of furan rings is 1. The summed E-state index contributed by atoms with van der Waals surface area (Å²) in [6.45, 7) is 1.94. The minimum absolute atomic E-state index is 0.698. The maximum absolute atomic E-state index is 6.86. The van der Waals surface area contributed by atoms with Gasteiger partial charge in [0.2, 0.25) is 0 Å². The lowest BCUT2D eigenvalue weighted by Crippen LogP contribution is -1.95. The summed E-state index contributed by atoms with van der Waals surface area (Å²) in [6.07, 6.45) is 0. The Kier molecular flexibility index (Phi) is 8.30. The molecule has 10 aromatic rings. The fourth-order valence-electron chi connectivity index (χ4n) is 7.48. The van der Waals surface area contributed by atoms with Gasteiger partial charge in [0, 0.05) is 49.7 Å². The number of hydrogen-bond acceptors (Lipinski definition) is 5. The van der Waals surface area contributed by atoms with Gasteiger partial charge in [0.15, 0.2) is 5.82 Å². The van der Waals surface area contributed by atoms with E-state index in [0.717, 1.165) is 101 Å². The molecule has 0 bridgehead atoms. The van der Waals surface area contributed by atoms with Crippen LogP contribution in [-0.4, -0.2) is 19.9 Å². The van der Waals surface area contributed by atoms with Crippen molar-refractivity contribution in [2.75, 3.05) is 0 Å². The standard InChI is InChI=1S/C51H34N4O/c1-33-52-45(35-14-5-2-6-15-35)31-48(53-33)40-21-11-20-39(30-40)42-23-13-25-44-43-24-12-22-41(49(43)56-50(42)44)34-26-28-37(29-27-34)47-32-46(36-16-7-3-8-17-36)54-51(55-47)38-18-9-4-10-19-38/h2-32H,1H3. The van der Waals surface area contributed by atoms with Crippen LogP contribution in [0.1, 0.15) is 5.82 Å². The molecule has 0 aliphatic heterocycles. The van der Waals surface area contributed by atoms with E-state index in [4.69, 9.17) is 24.4 Å². The third-order valence-corrected chi connectivity index (χ3v) is 10.2. The molecule has 0 fully saturated rings. The van der Waals surface area contributed by atoms with Crippen molar-refractivity contribution in [2.24, 2.45) is 0 Å². The van der Waals surface area contributed by atoms with Crippen LogP contribution >= 0.6 is 0 Å². The van der Waals surface area contributed by atoms with E-state index in [1.807, 2.05) is 73.7 Å². The van der Waals surface area contributed by atoms with Gasteiger partial charge in [-0.1, -0.05) is 170 Å². The highest BCUT2D eigenvalue weighted by Crippen LogP contribution is 2.41. The molecule has 0 saturated heterocycles. The number of para-hydroxylation sites is 2. The van der Waals surface area contributed by atoms with Gasteiger partial charge in [0.25, 0.3) is 0 Å². The number of aryl methyl sites for hydroxylation is 1. The van der Waals surface area contributed by atoms with Crippen molar-refractivity contribution in [3.63, 3.8) is 0 Å². The Hall–Kier alpha value is -7.50. The molecule has 56 heavy (non-hydrogen) atoms. The van der Waals surface area contributed by atoms with E-state index in [0.29, 0.717) is 5.82 Å². The number of nitrogens with zero attached hydrogens (tertiary/aromatic N) is 4. The predicted octanol–water partition coefficient (Wildman–Crippen LogP) is 13.1. The summed E-state index contributed by atoms with van der Waals surface area (Å²) in [4.78, 5) is 19.5. The van der Waals surface area contributed by atoms with E-state index in [9.17, 15) is 0 Å². The quantitative estimate of drug-likeness (QED) is 0.164. The van der Waals surface area contributed by atoms with Crippen molar-refractivity contribution in [3.8, 4) is 78.7 Å². The zero-order valence-electron chi connectivity index (χ0n) is 30.6. The first-order valence-corrected chi connectivity index (χ1v) is 18.7. The molecule has 0 unspecified atom stereocenters. The van der Waals surface area contributed by atoms with Crippen LogP contribution < -0.4 is 0 Å². The lowest BCUT2D eigenvalue weighted by Gasteiger charge is -2.10. The molecule has 5 heteroatoms. The third kappa shape index (κ3) is 6.21. The molecular weight excluding hydrogens is 685 g/mol. The summed E-state index contributed by atoms with van der Waals surface area (Å²) < 4.78 is 6.86. The summed E-state index contributed by atoms with van der Waals surface area (Å²) in [7, 11) is 0. The summed E-state index contributed by atoms with van der Waals surface area (Å²) >= 11 is 0. The van der Waals surface area contributed by atoms with E-state index in [-0.39, 0.29) is 0 Å². The molecule has 7 aromatic carbocycles. The first-order chi connectivity index (χ1) is 27.6. The van der Waals surface area contributed by atoms with Crippen molar-refractivity contribution in [1.82, 2.24) is 19.9 Å². The Bertz CT molecular complexity index is 2950. The van der Waals surface area contributed by atoms with Crippen molar-refractivity contribution >= 4 is 21.9 Å². The first kappa shape index (κ1) is 33.1. The Labute approximate surface area is 324 Å². The Morgan fingerprint density at radius 1 is 0.321 bits per heavy atom. The van der Waals surface area contributed by atoms with Gasteiger partial charge in [-0.2, -0.15) is 0 Å². The molecule has 0 spiro atoms. The highest BCUT2D eigenvalue weighted by atomic mass is 16.3. The Morgan fingerprint density at radius 2 is 0.732 bits per heavy atom. The molecule has 0 N–H and O–H groups in total. The van der Waals surface area contributed by atoms with Crippen LogP contribution in [0.15, 0.2) is 192 Å². The van der Waals surface area contributed by atoms with Crippen molar-refractivity contribution in [3.05, 3.63) is 194 Å². The van der Waals surface area contributed by atoms with E-state index in [2.05, 4.69) is 121 Å². The fraction of sp³-hybridized carbons (Fsp3) is 0.0196. The zero-order chi connectivity index (χ0) is 37.4. The number of fused-ring (bicyclic) bond motifs is 3. The molecule has 3 aromatic heterocycles. The molecule has 0 saturated carbocycles. The second kappa shape index (κ2) is 14.0. The monoisotopic (exact) mass is 718 g/mol. The van der Waals surface area contributed by atoms with Crippen molar-refractivity contribution in [1.29, 1.82) is 0 Å². The highest BCUT2D eigenvalue weighted by molar-refractivity contribution is 6.13. The minimum atomic E-state index is 0.698. The van der Waals surface area contributed by atoms with Gasteiger partial charge in [-0.25, -0.2) is 19.9 Å². The smallest absolute Gasteiger partial charge is 0.160 e. The average molecular weight is 719 g/mol. The van der Waals surface area contributed by atoms with Crippen LogP contribution in [0.5, 0.6) is 0 Å². The maximum Gasteiger partial charge on any atom is 0.160 e. The maximum atomic E-state index is 6.86. The average Bonchev–Trinajstić information content (AvgIpc) is 3.66. The summed E-state index contributed by atoms with van der Waals surface area (Å²) in [5.74, 6) is 1.43.